The molecule has 74 valence electrons. The molecule has 0 saturated carbocycles. The van der Waals surface area contributed by atoms with Crippen LogP contribution >= 0.6 is 27.3 Å². The Labute approximate surface area is 93.6 Å². The van der Waals surface area contributed by atoms with Crippen LogP contribution in [0.4, 0.5) is 4.39 Å². The monoisotopic (exact) mass is 274 g/mol. The van der Waals surface area contributed by atoms with E-state index in [-0.39, 0.29) is 5.82 Å². The minimum absolute atomic E-state index is 0.234. The third kappa shape index (κ3) is 1.64. The fraction of sp³-hybridized carbons (Fsp3) is 0.200. The van der Waals surface area contributed by atoms with Gasteiger partial charge in [-0.3, -0.25) is 0 Å². The Hall–Kier alpha value is -0.610. The quantitative estimate of drug-likeness (QED) is 0.798. The summed E-state index contributed by atoms with van der Waals surface area (Å²) in [6.45, 7) is 2.56. The third-order valence-electron chi connectivity index (χ3n) is 1.88. The number of ether oxygens (including phenoxy) is 1. The molecule has 1 nitrogen and oxygen atoms in total. The molecule has 0 atom stereocenters. The molecule has 0 radical (unpaired) electrons. The maximum atomic E-state index is 13.2. The second kappa shape index (κ2) is 3.87. The summed E-state index contributed by atoms with van der Waals surface area (Å²) in [4.78, 5) is 0. The van der Waals surface area contributed by atoms with Crippen molar-refractivity contribution in [1.82, 2.24) is 0 Å². The zero-order valence-electron chi connectivity index (χ0n) is 7.51. The van der Waals surface area contributed by atoms with E-state index < -0.39 is 0 Å². The van der Waals surface area contributed by atoms with E-state index in [9.17, 15) is 4.39 Å². The van der Waals surface area contributed by atoms with Gasteiger partial charge in [0.15, 0.2) is 0 Å². The van der Waals surface area contributed by atoms with E-state index in [1.807, 2.05) is 12.3 Å². The summed E-state index contributed by atoms with van der Waals surface area (Å²) in [5.41, 5.74) is 0. The summed E-state index contributed by atoms with van der Waals surface area (Å²) in [5, 5.41) is 2.87. The number of rotatable bonds is 2. The Kier molecular flexibility index (Phi) is 2.74. The van der Waals surface area contributed by atoms with Gasteiger partial charge in [0, 0.05) is 15.5 Å². The lowest BCUT2D eigenvalue weighted by Gasteiger charge is -2.00. The number of hydrogen-bond donors (Lipinski definition) is 0. The second-order valence-electron chi connectivity index (χ2n) is 2.80. The molecule has 1 heterocycles. The molecule has 0 unspecified atom stereocenters. The van der Waals surface area contributed by atoms with Crippen LogP contribution in [0.15, 0.2) is 22.0 Å². The normalized spacial score (nSPS) is 10.8. The molecule has 0 aliphatic rings. The van der Waals surface area contributed by atoms with Crippen molar-refractivity contribution >= 4 is 37.4 Å². The lowest BCUT2D eigenvalue weighted by atomic mass is 10.2. The van der Waals surface area contributed by atoms with Crippen molar-refractivity contribution in [3.8, 4) is 5.75 Å². The van der Waals surface area contributed by atoms with Gasteiger partial charge in [0.1, 0.15) is 11.6 Å². The van der Waals surface area contributed by atoms with Gasteiger partial charge in [-0.15, -0.1) is 11.3 Å². The van der Waals surface area contributed by atoms with Gasteiger partial charge < -0.3 is 4.74 Å². The summed E-state index contributed by atoms with van der Waals surface area (Å²) in [6, 6.07) is 3.28. The summed E-state index contributed by atoms with van der Waals surface area (Å²) >= 11 is 4.65. The Balaban J connectivity index is 2.61. The van der Waals surface area contributed by atoms with Crippen LogP contribution in [0.5, 0.6) is 5.75 Å². The standard InChI is InChI=1S/C10H8BrFOS/c1-2-13-9-5-14-10-4-8(12)7(11)3-6(9)10/h3-5H,2H2,1H3. The molecule has 1 aromatic heterocycles. The van der Waals surface area contributed by atoms with E-state index in [0.717, 1.165) is 15.8 Å². The Bertz CT molecular complexity index is 466. The molecule has 0 aliphatic heterocycles. The van der Waals surface area contributed by atoms with Crippen LogP contribution in [0.3, 0.4) is 0 Å². The SMILES string of the molecule is CCOc1csc2cc(F)c(Br)cc12. The molecule has 2 aromatic rings. The first-order valence-corrected chi connectivity index (χ1v) is 5.88. The smallest absolute Gasteiger partial charge is 0.138 e. The molecule has 0 bridgehead atoms. The molecule has 4 heteroatoms. The third-order valence-corrected chi connectivity index (χ3v) is 3.41. The van der Waals surface area contributed by atoms with Crippen LogP contribution in [0, 0.1) is 5.82 Å². The van der Waals surface area contributed by atoms with Crippen LogP contribution in [-0.2, 0) is 0 Å². The lowest BCUT2D eigenvalue weighted by molar-refractivity contribution is 0.345. The summed E-state index contributed by atoms with van der Waals surface area (Å²) in [7, 11) is 0. The average molecular weight is 275 g/mol. The van der Waals surface area contributed by atoms with Crippen molar-refractivity contribution in [2.45, 2.75) is 6.92 Å². The van der Waals surface area contributed by atoms with Crippen molar-refractivity contribution in [3.05, 3.63) is 27.8 Å². The van der Waals surface area contributed by atoms with Crippen LogP contribution in [0.2, 0.25) is 0 Å². The van der Waals surface area contributed by atoms with E-state index in [1.54, 1.807) is 6.07 Å². The summed E-state index contributed by atoms with van der Waals surface area (Å²) in [5.74, 6) is 0.593. The minimum atomic E-state index is -0.234. The highest BCUT2D eigenvalue weighted by atomic mass is 79.9. The topological polar surface area (TPSA) is 9.23 Å². The molecule has 0 N–H and O–H groups in total. The first kappa shape index (κ1) is 9.93. The zero-order chi connectivity index (χ0) is 10.1. The van der Waals surface area contributed by atoms with Gasteiger partial charge in [-0.25, -0.2) is 4.39 Å². The van der Waals surface area contributed by atoms with E-state index in [2.05, 4.69) is 15.9 Å². The van der Waals surface area contributed by atoms with Crippen molar-refractivity contribution in [3.63, 3.8) is 0 Å². The predicted octanol–water partition coefficient (Wildman–Crippen LogP) is 4.20. The molecule has 14 heavy (non-hydrogen) atoms. The lowest BCUT2D eigenvalue weighted by Crippen LogP contribution is -1.89. The van der Waals surface area contributed by atoms with Crippen LogP contribution in [-0.4, -0.2) is 6.61 Å². The van der Waals surface area contributed by atoms with Gasteiger partial charge >= 0.3 is 0 Å². The molecular formula is C10H8BrFOS. The first-order chi connectivity index (χ1) is 6.72. The first-order valence-electron chi connectivity index (χ1n) is 4.21. The highest BCUT2D eigenvalue weighted by Gasteiger charge is 2.08. The van der Waals surface area contributed by atoms with Gasteiger partial charge in [0.2, 0.25) is 0 Å². The van der Waals surface area contributed by atoms with E-state index in [0.29, 0.717) is 11.1 Å². The van der Waals surface area contributed by atoms with E-state index in [4.69, 9.17) is 4.74 Å². The Morgan fingerprint density at radius 3 is 3.00 bits per heavy atom. The molecule has 2 rings (SSSR count). The summed E-state index contributed by atoms with van der Waals surface area (Å²) in [6.07, 6.45) is 0. The highest BCUT2D eigenvalue weighted by molar-refractivity contribution is 9.10. The summed E-state index contributed by atoms with van der Waals surface area (Å²) < 4.78 is 20.0. The number of hydrogen-bond acceptors (Lipinski definition) is 2. The van der Waals surface area contributed by atoms with Crippen molar-refractivity contribution < 1.29 is 9.13 Å². The van der Waals surface area contributed by atoms with Crippen LogP contribution in [0.25, 0.3) is 10.1 Å². The molecule has 0 aliphatic carbocycles. The highest BCUT2D eigenvalue weighted by Crippen LogP contribution is 2.35. The number of thiophene rings is 1. The van der Waals surface area contributed by atoms with Crippen LogP contribution < -0.4 is 4.74 Å². The van der Waals surface area contributed by atoms with Crippen molar-refractivity contribution in [1.29, 1.82) is 0 Å². The maximum absolute atomic E-state index is 13.2. The molecule has 1 aromatic carbocycles. The maximum Gasteiger partial charge on any atom is 0.138 e. The number of fused-ring (bicyclic) bond motifs is 1. The number of benzene rings is 1. The number of halogens is 2. The van der Waals surface area contributed by atoms with E-state index >= 15 is 0 Å². The Morgan fingerprint density at radius 2 is 2.29 bits per heavy atom. The fourth-order valence-electron chi connectivity index (χ4n) is 1.27. The van der Waals surface area contributed by atoms with E-state index in [1.165, 1.54) is 17.4 Å². The zero-order valence-corrected chi connectivity index (χ0v) is 9.91. The predicted molar refractivity (Wildman–Crippen MR) is 60.7 cm³/mol. The molecular weight excluding hydrogens is 267 g/mol. The van der Waals surface area contributed by atoms with Gasteiger partial charge in [-0.1, -0.05) is 0 Å². The Morgan fingerprint density at radius 1 is 1.50 bits per heavy atom. The largest absolute Gasteiger partial charge is 0.492 e. The van der Waals surface area contributed by atoms with Crippen molar-refractivity contribution in [2.24, 2.45) is 0 Å². The molecule has 0 saturated heterocycles. The van der Waals surface area contributed by atoms with Crippen molar-refractivity contribution in [2.75, 3.05) is 6.61 Å². The minimum Gasteiger partial charge on any atom is -0.492 e. The van der Waals surface area contributed by atoms with Crippen LogP contribution in [0.1, 0.15) is 6.92 Å². The average Bonchev–Trinajstić information content (AvgIpc) is 2.51. The van der Waals surface area contributed by atoms with Gasteiger partial charge in [0.05, 0.1) is 11.1 Å². The molecule has 0 amide bonds. The second-order valence-corrected chi connectivity index (χ2v) is 4.56. The molecule has 0 fully saturated rings. The van der Waals surface area contributed by atoms with Gasteiger partial charge in [-0.05, 0) is 35.0 Å². The van der Waals surface area contributed by atoms with Gasteiger partial charge in [-0.2, -0.15) is 0 Å². The van der Waals surface area contributed by atoms with Gasteiger partial charge in [0.25, 0.3) is 0 Å². The fourth-order valence-corrected chi connectivity index (χ4v) is 2.50. The molecule has 0 spiro atoms.